The third-order valence-electron chi connectivity index (χ3n) is 4.47. The van der Waals surface area contributed by atoms with Crippen molar-refractivity contribution in [2.45, 2.75) is 13.5 Å². The van der Waals surface area contributed by atoms with Crippen LogP contribution in [0.3, 0.4) is 0 Å². The van der Waals surface area contributed by atoms with Crippen molar-refractivity contribution < 1.29 is 9.18 Å². The smallest absolute Gasteiger partial charge is 0.292 e. The summed E-state index contributed by atoms with van der Waals surface area (Å²) < 4.78 is 15.4. The Kier molecular flexibility index (Phi) is 4.94. The standard InChI is InChI=1S/C21H14ClFN2O3S/c1-12-9-17-19(27)25(16-4-2-3-14(22)10-16)21(28)24(20(17)29-12)11-18(26)13-5-7-15(23)8-6-13/h2-10H,11H2,1H3. The second-order valence-corrected chi connectivity index (χ2v) is 8.17. The summed E-state index contributed by atoms with van der Waals surface area (Å²) in [5.74, 6) is -0.819. The Bertz CT molecular complexity index is 1370. The van der Waals surface area contributed by atoms with Crippen LogP contribution in [0.25, 0.3) is 15.9 Å². The fourth-order valence-corrected chi connectivity index (χ4v) is 4.30. The van der Waals surface area contributed by atoms with Gasteiger partial charge in [-0.3, -0.25) is 14.2 Å². The van der Waals surface area contributed by atoms with Crippen LogP contribution in [0.5, 0.6) is 0 Å². The van der Waals surface area contributed by atoms with Crippen molar-refractivity contribution in [3.8, 4) is 5.69 Å². The van der Waals surface area contributed by atoms with Crippen LogP contribution in [-0.2, 0) is 6.54 Å². The number of Topliss-reactive ketones (excluding diaryl/α,β-unsaturated/α-hetero) is 1. The summed E-state index contributed by atoms with van der Waals surface area (Å²) in [6, 6.07) is 13.2. The van der Waals surface area contributed by atoms with Crippen molar-refractivity contribution in [1.82, 2.24) is 9.13 Å². The van der Waals surface area contributed by atoms with Crippen molar-refractivity contribution in [1.29, 1.82) is 0 Å². The quantitative estimate of drug-likeness (QED) is 0.458. The number of ketones is 1. The second kappa shape index (κ2) is 7.42. The molecule has 2 aromatic heterocycles. The monoisotopic (exact) mass is 428 g/mol. The molecule has 29 heavy (non-hydrogen) atoms. The van der Waals surface area contributed by atoms with E-state index >= 15 is 0 Å². The predicted octanol–water partition coefficient (Wildman–Crippen LogP) is 4.20. The van der Waals surface area contributed by atoms with Crippen molar-refractivity contribution in [3.63, 3.8) is 0 Å². The number of thiophene rings is 1. The highest BCUT2D eigenvalue weighted by Gasteiger charge is 2.19. The van der Waals surface area contributed by atoms with Gasteiger partial charge in [0.25, 0.3) is 5.56 Å². The highest BCUT2D eigenvalue weighted by Crippen LogP contribution is 2.22. The fraction of sp³-hybridized carbons (Fsp3) is 0.0952. The molecule has 4 aromatic rings. The van der Waals surface area contributed by atoms with Crippen molar-refractivity contribution in [2.24, 2.45) is 0 Å². The second-order valence-electron chi connectivity index (χ2n) is 6.50. The van der Waals surface area contributed by atoms with Crippen molar-refractivity contribution >= 4 is 38.9 Å². The molecule has 0 fully saturated rings. The lowest BCUT2D eigenvalue weighted by molar-refractivity contribution is 0.0971. The van der Waals surface area contributed by atoms with Gasteiger partial charge in [0.15, 0.2) is 5.78 Å². The molecule has 0 bridgehead atoms. The number of fused-ring (bicyclic) bond motifs is 1. The first-order chi connectivity index (χ1) is 13.8. The lowest BCUT2D eigenvalue weighted by atomic mass is 10.1. The zero-order chi connectivity index (χ0) is 20.7. The minimum atomic E-state index is -0.637. The third kappa shape index (κ3) is 3.54. The first kappa shape index (κ1) is 19.3. The molecule has 0 radical (unpaired) electrons. The van der Waals surface area contributed by atoms with Crippen LogP contribution in [-0.4, -0.2) is 14.9 Å². The van der Waals surface area contributed by atoms with Crippen molar-refractivity contribution in [3.05, 3.63) is 96.7 Å². The first-order valence-electron chi connectivity index (χ1n) is 8.66. The van der Waals surface area contributed by atoms with E-state index in [0.29, 0.717) is 20.9 Å². The number of benzene rings is 2. The number of aryl methyl sites for hydroxylation is 1. The molecule has 0 aliphatic rings. The van der Waals surface area contributed by atoms with E-state index in [0.717, 1.165) is 9.44 Å². The summed E-state index contributed by atoms with van der Waals surface area (Å²) in [4.78, 5) is 40.2. The number of aromatic nitrogens is 2. The van der Waals surface area contributed by atoms with E-state index in [4.69, 9.17) is 11.6 Å². The van der Waals surface area contributed by atoms with E-state index in [1.54, 1.807) is 24.3 Å². The van der Waals surface area contributed by atoms with Gasteiger partial charge in [0.1, 0.15) is 10.6 Å². The average molecular weight is 429 g/mol. The zero-order valence-corrected chi connectivity index (χ0v) is 16.8. The van der Waals surface area contributed by atoms with Gasteiger partial charge >= 0.3 is 5.69 Å². The molecule has 8 heteroatoms. The number of hydrogen-bond acceptors (Lipinski definition) is 4. The topological polar surface area (TPSA) is 61.1 Å². The Hall–Kier alpha value is -3.03. The minimum absolute atomic E-state index is 0.276. The molecule has 4 rings (SSSR count). The fourth-order valence-electron chi connectivity index (χ4n) is 3.12. The maximum Gasteiger partial charge on any atom is 0.337 e. The minimum Gasteiger partial charge on any atom is -0.292 e. The van der Waals surface area contributed by atoms with Crippen molar-refractivity contribution in [2.75, 3.05) is 0 Å². The summed E-state index contributed by atoms with van der Waals surface area (Å²) in [7, 11) is 0. The first-order valence-corrected chi connectivity index (χ1v) is 9.85. The van der Waals surface area contributed by atoms with Gasteiger partial charge in [-0.2, -0.15) is 0 Å². The number of carbonyl (C=O) groups excluding carboxylic acids is 1. The lowest BCUT2D eigenvalue weighted by Crippen LogP contribution is -2.39. The van der Waals surface area contributed by atoms with E-state index in [-0.39, 0.29) is 17.9 Å². The van der Waals surface area contributed by atoms with Crippen LogP contribution in [0.1, 0.15) is 15.2 Å². The van der Waals surface area contributed by atoms with Gasteiger partial charge in [-0.1, -0.05) is 17.7 Å². The summed E-state index contributed by atoms with van der Waals surface area (Å²) in [5.41, 5.74) is -0.509. The number of nitrogens with zero attached hydrogens (tertiary/aromatic N) is 2. The van der Waals surface area contributed by atoms with E-state index in [2.05, 4.69) is 0 Å². The molecule has 0 unspecified atom stereocenters. The van der Waals surface area contributed by atoms with Gasteiger partial charge in [-0.25, -0.2) is 13.8 Å². The molecule has 2 heterocycles. The molecule has 146 valence electrons. The van der Waals surface area contributed by atoms with E-state index in [1.165, 1.54) is 46.2 Å². The van der Waals surface area contributed by atoms with Gasteiger partial charge in [0.2, 0.25) is 0 Å². The van der Waals surface area contributed by atoms with Crippen LogP contribution < -0.4 is 11.2 Å². The van der Waals surface area contributed by atoms with Gasteiger partial charge < -0.3 is 0 Å². The van der Waals surface area contributed by atoms with Crippen LogP contribution in [0.4, 0.5) is 4.39 Å². The number of carbonyl (C=O) groups is 1. The number of halogens is 2. The summed E-state index contributed by atoms with van der Waals surface area (Å²) >= 11 is 7.30. The van der Waals surface area contributed by atoms with E-state index in [9.17, 15) is 18.8 Å². The van der Waals surface area contributed by atoms with Crippen LogP contribution in [0, 0.1) is 12.7 Å². The maximum absolute atomic E-state index is 13.2. The van der Waals surface area contributed by atoms with Crippen LogP contribution >= 0.6 is 22.9 Å². The Morgan fingerprint density at radius 2 is 1.83 bits per heavy atom. The highest BCUT2D eigenvalue weighted by molar-refractivity contribution is 7.18. The molecule has 0 saturated heterocycles. The zero-order valence-electron chi connectivity index (χ0n) is 15.2. The normalized spacial score (nSPS) is 11.1. The van der Waals surface area contributed by atoms with Crippen LogP contribution in [0.15, 0.2) is 64.2 Å². The molecule has 5 nitrogen and oxygen atoms in total. The molecule has 0 aliphatic carbocycles. The molecule has 0 saturated carbocycles. The van der Waals surface area contributed by atoms with Gasteiger partial charge in [0, 0.05) is 15.5 Å². The molecular formula is C21H14ClFN2O3S. The molecule has 0 amide bonds. The number of hydrogen-bond donors (Lipinski definition) is 0. The Morgan fingerprint density at radius 1 is 1.10 bits per heavy atom. The SMILES string of the molecule is Cc1cc2c(=O)n(-c3cccc(Cl)c3)c(=O)n(CC(=O)c3ccc(F)cc3)c2s1. The van der Waals surface area contributed by atoms with Gasteiger partial charge in [-0.05, 0) is 55.5 Å². The Morgan fingerprint density at radius 3 is 2.52 bits per heavy atom. The molecule has 0 aliphatic heterocycles. The summed E-state index contributed by atoms with van der Waals surface area (Å²) in [5, 5.41) is 0.725. The Balaban J connectivity index is 1.93. The highest BCUT2D eigenvalue weighted by atomic mass is 35.5. The predicted molar refractivity (Wildman–Crippen MR) is 112 cm³/mol. The number of rotatable bonds is 4. The van der Waals surface area contributed by atoms with Gasteiger partial charge in [-0.15, -0.1) is 11.3 Å². The molecule has 2 aromatic carbocycles. The van der Waals surface area contributed by atoms with Gasteiger partial charge in [0.05, 0.1) is 17.6 Å². The molecule has 0 atom stereocenters. The molecular weight excluding hydrogens is 415 g/mol. The summed E-state index contributed by atoms with van der Waals surface area (Å²) in [6.45, 7) is 1.55. The Labute approximate surface area is 173 Å². The molecule has 0 N–H and O–H groups in total. The lowest BCUT2D eigenvalue weighted by Gasteiger charge is -2.12. The average Bonchev–Trinajstić information content (AvgIpc) is 3.07. The van der Waals surface area contributed by atoms with E-state index in [1.807, 2.05) is 6.92 Å². The summed E-state index contributed by atoms with van der Waals surface area (Å²) in [6.07, 6.45) is 0. The van der Waals surface area contributed by atoms with E-state index < -0.39 is 17.1 Å². The third-order valence-corrected chi connectivity index (χ3v) is 5.78. The van der Waals surface area contributed by atoms with Crippen LogP contribution in [0.2, 0.25) is 5.02 Å². The largest absolute Gasteiger partial charge is 0.337 e. The maximum atomic E-state index is 13.2. The molecule has 0 spiro atoms.